The van der Waals surface area contributed by atoms with Gasteiger partial charge in [-0.15, -0.1) is 0 Å². The van der Waals surface area contributed by atoms with Crippen molar-refractivity contribution in [2.75, 3.05) is 7.11 Å². The molecule has 1 aromatic rings. The van der Waals surface area contributed by atoms with Gasteiger partial charge in [0.25, 0.3) is 0 Å². The second kappa shape index (κ2) is 4.41. The normalized spacial score (nSPS) is 10.4. The first-order valence-corrected chi connectivity index (χ1v) is 4.10. The minimum atomic E-state index is -0.361. The first-order valence-electron chi connectivity index (χ1n) is 4.10. The Bertz CT molecular complexity index is 372. The van der Waals surface area contributed by atoms with Crippen LogP contribution >= 0.6 is 0 Å². The number of benzene rings is 1. The molecular weight excluding hydrogens is 180 g/mol. The van der Waals surface area contributed by atoms with Gasteiger partial charge in [-0.05, 0) is 30.2 Å². The van der Waals surface area contributed by atoms with Crippen molar-refractivity contribution < 1.29 is 9.53 Å². The molecule has 0 aliphatic carbocycles. The minimum Gasteiger partial charge on any atom is -0.465 e. The van der Waals surface area contributed by atoms with Gasteiger partial charge in [0, 0.05) is 0 Å². The average Bonchev–Trinajstić information content (AvgIpc) is 2.16. The smallest absolute Gasteiger partial charge is 0.337 e. The Kier molecular flexibility index (Phi) is 3.23. The summed E-state index contributed by atoms with van der Waals surface area (Å²) in [5, 5.41) is 3.40. The highest BCUT2D eigenvalue weighted by Crippen LogP contribution is 2.09. The molecular formula is C10H12N2O2. The third-order valence-corrected chi connectivity index (χ3v) is 1.74. The van der Waals surface area contributed by atoms with Crippen molar-refractivity contribution in [3.63, 3.8) is 0 Å². The van der Waals surface area contributed by atoms with E-state index < -0.39 is 0 Å². The van der Waals surface area contributed by atoms with E-state index in [4.69, 9.17) is 5.84 Å². The standard InChI is InChI=1S/C10H12N2O2/c1-7-3-8(6-12-11)5-9(4-7)10(13)14-2/h3-6H,11H2,1-2H3. The van der Waals surface area contributed by atoms with E-state index in [0.717, 1.165) is 11.1 Å². The van der Waals surface area contributed by atoms with E-state index in [9.17, 15) is 4.79 Å². The molecule has 4 heteroatoms. The van der Waals surface area contributed by atoms with Crippen LogP contribution in [-0.4, -0.2) is 19.3 Å². The summed E-state index contributed by atoms with van der Waals surface area (Å²) in [4.78, 5) is 11.2. The zero-order valence-electron chi connectivity index (χ0n) is 8.15. The van der Waals surface area contributed by atoms with Gasteiger partial charge in [-0.2, -0.15) is 5.10 Å². The molecule has 0 heterocycles. The van der Waals surface area contributed by atoms with E-state index in [1.807, 2.05) is 13.0 Å². The Hall–Kier alpha value is -1.84. The van der Waals surface area contributed by atoms with Crippen molar-refractivity contribution in [3.05, 3.63) is 34.9 Å². The van der Waals surface area contributed by atoms with Crippen LogP contribution in [0.25, 0.3) is 0 Å². The van der Waals surface area contributed by atoms with Gasteiger partial charge in [-0.3, -0.25) is 0 Å². The van der Waals surface area contributed by atoms with Crippen molar-refractivity contribution in [3.8, 4) is 0 Å². The van der Waals surface area contributed by atoms with Gasteiger partial charge >= 0.3 is 5.97 Å². The number of carbonyl (C=O) groups is 1. The van der Waals surface area contributed by atoms with Gasteiger partial charge in [0.1, 0.15) is 0 Å². The number of nitrogens with two attached hydrogens (primary N) is 1. The molecule has 1 rings (SSSR count). The number of ether oxygens (including phenoxy) is 1. The van der Waals surface area contributed by atoms with Crippen molar-refractivity contribution in [1.82, 2.24) is 0 Å². The molecule has 0 radical (unpaired) electrons. The summed E-state index contributed by atoms with van der Waals surface area (Å²) in [5.41, 5.74) is 2.25. The van der Waals surface area contributed by atoms with Crippen LogP contribution in [0.1, 0.15) is 21.5 Å². The van der Waals surface area contributed by atoms with Crippen LogP contribution in [0, 0.1) is 6.92 Å². The van der Waals surface area contributed by atoms with Gasteiger partial charge in [-0.25, -0.2) is 4.79 Å². The fourth-order valence-electron chi connectivity index (χ4n) is 1.21. The number of nitrogens with zero attached hydrogens (tertiary/aromatic N) is 1. The molecule has 0 aromatic heterocycles. The van der Waals surface area contributed by atoms with E-state index in [1.54, 1.807) is 12.1 Å². The highest BCUT2D eigenvalue weighted by atomic mass is 16.5. The van der Waals surface area contributed by atoms with Crippen LogP contribution in [0.4, 0.5) is 0 Å². The molecule has 14 heavy (non-hydrogen) atoms. The van der Waals surface area contributed by atoms with Crippen LogP contribution in [0.5, 0.6) is 0 Å². The van der Waals surface area contributed by atoms with E-state index in [1.165, 1.54) is 13.3 Å². The lowest BCUT2D eigenvalue weighted by Gasteiger charge is -2.02. The quantitative estimate of drug-likeness (QED) is 0.330. The van der Waals surface area contributed by atoms with E-state index in [0.29, 0.717) is 5.56 Å². The van der Waals surface area contributed by atoms with Gasteiger partial charge < -0.3 is 10.6 Å². The Morgan fingerprint density at radius 2 is 2.21 bits per heavy atom. The minimum absolute atomic E-state index is 0.361. The zero-order chi connectivity index (χ0) is 10.6. The van der Waals surface area contributed by atoms with Crippen LogP contribution in [0.2, 0.25) is 0 Å². The number of carbonyl (C=O) groups excluding carboxylic acids is 1. The highest BCUT2D eigenvalue weighted by molar-refractivity contribution is 5.92. The molecule has 2 N–H and O–H groups in total. The number of methoxy groups -OCH3 is 1. The van der Waals surface area contributed by atoms with Crippen LogP contribution in [-0.2, 0) is 4.74 Å². The molecule has 0 saturated carbocycles. The van der Waals surface area contributed by atoms with Gasteiger partial charge in [0.05, 0.1) is 18.9 Å². The molecule has 0 amide bonds. The number of hydrogen-bond donors (Lipinski definition) is 1. The summed E-state index contributed by atoms with van der Waals surface area (Å²) < 4.78 is 4.61. The molecule has 74 valence electrons. The molecule has 0 atom stereocenters. The first kappa shape index (κ1) is 10.2. The highest BCUT2D eigenvalue weighted by Gasteiger charge is 2.06. The van der Waals surface area contributed by atoms with Gasteiger partial charge in [0.15, 0.2) is 0 Å². The molecule has 0 saturated heterocycles. The Morgan fingerprint density at radius 3 is 2.79 bits per heavy atom. The fraction of sp³-hybridized carbons (Fsp3) is 0.200. The summed E-state index contributed by atoms with van der Waals surface area (Å²) in [6.07, 6.45) is 1.49. The number of esters is 1. The molecule has 0 spiro atoms. The lowest BCUT2D eigenvalue weighted by molar-refractivity contribution is 0.0600. The molecule has 0 unspecified atom stereocenters. The third-order valence-electron chi connectivity index (χ3n) is 1.74. The van der Waals surface area contributed by atoms with Crippen molar-refractivity contribution in [2.45, 2.75) is 6.92 Å². The number of aryl methyl sites for hydroxylation is 1. The molecule has 1 aromatic carbocycles. The van der Waals surface area contributed by atoms with Crippen LogP contribution in [0.3, 0.4) is 0 Å². The first-order chi connectivity index (χ1) is 6.67. The van der Waals surface area contributed by atoms with Gasteiger partial charge in [0.2, 0.25) is 0 Å². The second-order valence-electron chi connectivity index (χ2n) is 2.90. The van der Waals surface area contributed by atoms with Crippen molar-refractivity contribution >= 4 is 12.2 Å². The summed E-state index contributed by atoms with van der Waals surface area (Å²) >= 11 is 0. The SMILES string of the molecule is COC(=O)c1cc(C)cc(C=NN)c1. The number of rotatable bonds is 2. The topological polar surface area (TPSA) is 64.7 Å². The molecule has 0 bridgehead atoms. The van der Waals surface area contributed by atoms with Crippen molar-refractivity contribution in [1.29, 1.82) is 0 Å². The fourth-order valence-corrected chi connectivity index (χ4v) is 1.21. The molecule has 0 aliphatic rings. The Morgan fingerprint density at radius 1 is 1.50 bits per heavy atom. The van der Waals surface area contributed by atoms with Gasteiger partial charge in [-0.1, -0.05) is 6.07 Å². The number of hydrogen-bond acceptors (Lipinski definition) is 4. The number of hydrazone groups is 1. The summed E-state index contributed by atoms with van der Waals surface area (Å²) in [7, 11) is 1.35. The summed E-state index contributed by atoms with van der Waals surface area (Å²) in [6, 6.07) is 5.30. The molecule has 0 fully saturated rings. The van der Waals surface area contributed by atoms with E-state index >= 15 is 0 Å². The third kappa shape index (κ3) is 2.32. The van der Waals surface area contributed by atoms with Crippen LogP contribution < -0.4 is 5.84 Å². The maximum atomic E-state index is 11.2. The monoisotopic (exact) mass is 192 g/mol. The zero-order valence-corrected chi connectivity index (χ0v) is 8.15. The summed E-state index contributed by atoms with van der Waals surface area (Å²) in [6.45, 7) is 1.89. The molecule has 0 aliphatic heterocycles. The maximum Gasteiger partial charge on any atom is 0.337 e. The average molecular weight is 192 g/mol. The van der Waals surface area contributed by atoms with Crippen molar-refractivity contribution in [2.24, 2.45) is 10.9 Å². The lowest BCUT2D eigenvalue weighted by atomic mass is 10.1. The second-order valence-corrected chi connectivity index (χ2v) is 2.90. The lowest BCUT2D eigenvalue weighted by Crippen LogP contribution is -2.02. The van der Waals surface area contributed by atoms with E-state index in [-0.39, 0.29) is 5.97 Å². The van der Waals surface area contributed by atoms with E-state index in [2.05, 4.69) is 9.84 Å². The Balaban J connectivity index is 3.13. The largest absolute Gasteiger partial charge is 0.465 e. The summed E-state index contributed by atoms with van der Waals surface area (Å²) in [5.74, 6) is 4.66. The Labute approximate surface area is 82.4 Å². The predicted molar refractivity (Wildman–Crippen MR) is 54.3 cm³/mol. The predicted octanol–water partition coefficient (Wildman–Crippen LogP) is 1.07. The molecule has 4 nitrogen and oxygen atoms in total. The maximum absolute atomic E-state index is 11.2. The van der Waals surface area contributed by atoms with Crippen LogP contribution in [0.15, 0.2) is 23.3 Å².